The molecule has 20 heavy (non-hydrogen) atoms. The van der Waals surface area contributed by atoms with Crippen molar-refractivity contribution < 1.29 is 14.3 Å². The van der Waals surface area contributed by atoms with Crippen molar-refractivity contribution in [3.63, 3.8) is 0 Å². The zero-order chi connectivity index (χ0) is 15.5. The Kier molecular flexibility index (Phi) is 9.77. The fraction of sp³-hybridized carbons (Fsp3) is 0.333. The molecule has 0 radical (unpaired) electrons. The molecule has 110 valence electrons. The molecular formula is C15H18Cl2O3. The lowest BCUT2D eigenvalue weighted by Crippen LogP contribution is -1.98. The number of aldehydes is 1. The molecule has 0 aliphatic carbocycles. The van der Waals surface area contributed by atoms with E-state index in [-0.39, 0.29) is 6.10 Å². The van der Waals surface area contributed by atoms with Crippen LogP contribution in [0.25, 0.3) is 5.03 Å². The van der Waals surface area contributed by atoms with Crippen LogP contribution >= 0.6 is 23.2 Å². The van der Waals surface area contributed by atoms with E-state index in [0.717, 1.165) is 11.8 Å². The average Bonchev–Trinajstić information content (AvgIpc) is 2.41. The first-order chi connectivity index (χ1) is 9.46. The van der Waals surface area contributed by atoms with E-state index in [9.17, 15) is 9.59 Å². The maximum absolute atomic E-state index is 10.6. The van der Waals surface area contributed by atoms with Crippen molar-refractivity contribution in [1.29, 1.82) is 0 Å². The molecule has 0 bridgehead atoms. The first kappa shape index (κ1) is 18.7. The number of allylic oxidation sites excluding steroid dienone is 1. The van der Waals surface area contributed by atoms with Gasteiger partial charge in [-0.05, 0) is 38.0 Å². The van der Waals surface area contributed by atoms with Gasteiger partial charge in [0.05, 0.1) is 11.1 Å². The Labute approximate surface area is 129 Å². The van der Waals surface area contributed by atoms with Gasteiger partial charge in [0.25, 0.3) is 6.47 Å². The van der Waals surface area contributed by atoms with E-state index in [4.69, 9.17) is 23.2 Å². The van der Waals surface area contributed by atoms with Crippen molar-refractivity contribution in [1.82, 2.24) is 0 Å². The topological polar surface area (TPSA) is 43.4 Å². The van der Waals surface area contributed by atoms with Crippen molar-refractivity contribution >= 4 is 41.0 Å². The molecule has 5 heteroatoms. The molecule has 0 aliphatic rings. The van der Waals surface area contributed by atoms with Gasteiger partial charge in [-0.15, -0.1) is 0 Å². The molecule has 0 spiro atoms. The number of benzene rings is 1. The highest BCUT2D eigenvalue weighted by molar-refractivity contribution is 6.50. The monoisotopic (exact) mass is 316 g/mol. The Morgan fingerprint density at radius 2 is 1.80 bits per heavy atom. The normalized spacial score (nSPS) is 11.1. The van der Waals surface area contributed by atoms with E-state index in [2.05, 4.69) is 4.74 Å². The Bertz CT molecular complexity index is 451. The number of rotatable bonds is 5. The highest BCUT2D eigenvalue weighted by atomic mass is 35.5. The third-order valence-electron chi connectivity index (χ3n) is 2.23. The lowest BCUT2D eigenvalue weighted by Gasteiger charge is -2.02. The molecule has 0 N–H and O–H groups in total. The maximum atomic E-state index is 10.6. The van der Waals surface area contributed by atoms with Crippen molar-refractivity contribution in [2.45, 2.75) is 33.3 Å². The number of ether oxygens (including phenoxy) is 1. The standard InChI is InChI=1S/C11H10Cl2O.C4H8O2/c1-2-8(7-14)11(13)9-3-5-10(12)6-4-9;1-4(2)6-3-5/h3-7H,2H2,1H3;3-4H,1-2H3/b11-8+;. The molecule has 0 unspecified atom stereocenters. The van der Waals surface area contributed by atoms with Crippen LogP contribution in [0, 0.1) is 0 Å². The predicted molar refractivity (Wildman–Crippen MR) is 82.9 cm³/mol. The fourth-order valence-electron chi connectivity index (χ4n) is 1.18. The fourth-order valence-corrected chi connectivity index (χ4v) is 1.61. The van der Waals surface area contributed by atoms with Crippen LogP contribution in [-0.4, -0.2) is 18.9 Å². The summed E-state index contributed by atoms with van der Waals surface area (Å²) in [4.78, 5) is 20.0. The van der Waals surface area contributed by atoms with Gasteiger partial charge in [-0.3, -0.25) is 9.59 Å². The zero-order valence-corrected chi connectivity index (χ0v) is 13.2. The van der Waals surface area contributed by atoms with Crippen LogP contribution < -0.4 is 0 Å². The van der Waals surface area contributed by atoms with E-state index in [0.29, 0.717) is 28.5 Å². The molecule has 0 fully saturated rings. The van der Waals surface area contributed by atoms with E-state index < -0.39 is 0 Å². The second-order valence-electron chi connectivity index (χ2n) is 4.10. The molecule has 0 saturated heterocycles. The number of carbonyl (C=O) groups excluding carboxylic acids is 2. The molecule has 1 rings (SSSR count). The van der Waals surface area contributed by atoms with Gasteiger partial charge >= 0.3 is 0 Å². The minimum atomic E-state index is 0.0301. The van der Waals surface area contributed by atoms with Crippen LogP contribution in [0.5, 0.6) is 0 Å². The molecular weight excluding hydrogens is 299 g/mol. The summed E-state index contributed by atoms with van der Waals surface area (Å²) in [7, 11) is 0. The van der Waals surface area contributed by atoms with Crippen LogP contribution in [0.4, 0.5) is 0 Å². The summed E-state index contributed by atoms with van der Waals surface area (Å²) in [6, 6.07) is 7.09. The first-order valence-electron chi connectivity index (χ1n) is 6.15. The van der Waals surface area contributed by atoms with Gasteiger partial charge in [-0.25, -0.2) is 0 Å². The Balaban J connectivity index is 0.000000511. The molecule has 3 nitrogen and oxygen atoms in total. The minimum Gasteiger partial charge on any atom is -0.465 e. The molecule has 1 aromatic rings. The summed E-state index contributed by atoms with van der Waals surface area (Å²) in [6.07, 6.45) is 1.45. The van der Waals surface area contributed by atoms with Gasteiger partial charge < -0.3 is 4.74 Å². The number of hydrogen-bond donors (Lipinski definition) is 0. The smallest absolute Gasteiger partial charge is 0.293 e. The van der Waals surface area contributed by atoms with Crippen molar-refractivity contribution in [2.75, 3.05) is 0 Å². The second kappa shape index (κ2) is 10.5. The van der Waals surface area contributed by atoms with Crippen molar-refractivity contribution in [3.8, 4) is 0 Å². The van der Waals surface area contributed by atoms with Crippen LogP contribution in [0.3, 0.4) is 0 Å². The second-order valence-corrected chi connectivity index (χ2v) is 4.91. The Morgan fingerprint density at radius 1 is 1.25 bits per heavy atom. The van der Waals surface area contributed by atoms with Gasteiger partial charge in [0.1, 0.15) is 6.29 Å². The quantitative estimate of drug-likeness (QED) is 0.594. The van der Waals surface area contributed by atoms with Crippen molar-refractivity contribution in [2.24, 2.45) is 0 Å². The Morgan fingerprint density at radius 3 is 2.10 bits per heavy atom. The number of halogens is 2. The van der Waals surface area contributed by atoms with Crippen molar-refractivity contribution in [3.05, 3.63) is 40.4 Å². The highest BCUT2D eigenvalue weighted by Crippen LogP contribution is 2.24. The Hall–Kier alpha value is -1.32. The van der Waals surface area contributed by atoms with Gasteiger partial charge in [0.2, 0.25) is 0 Å². The van der Waals surface area contributed by atoms with Gasteiger partial charge in [-0.2, -0.15) is 0 Å². The summed E-state index contributed by atoms with van der Waals surface area (Å²) in [5, 5.41) is 1.15. The van der Waals surface area contributed by atoms with E-state index in [1.54, 1.807) is 38.1 Å². The highest BCUT2D eigenvalue weighted by Gasteiger charge is 2.04. The van der Waals surface area contributed by atoms with Crippen LogP contribution in [0.2, 0.25) is 5.02 Å². The summed E-state index contributed by atoms with van der Waals surface area (Å²) >= 11 is 11.8. The molecule has 0 saturated carbocycles. The molecule has 0 heterocycles. The van der Waals surface area contributed by atoms with E-state index >= 15 is 0 Å². The number of hydrogen-bond acceptors (Lipinski definition) is 3. The largest absolute Gasteiger partial charge is 0.465 e. The van der Waals surface area contributed by atoms with E-state index in [1.165, 1.54) is 0 Å². The summed E-state index contributed by atoms with van der Waals surface area (Å²) in [6.45, 7) is 5.94. The van der Waals surface area contributed by atoms with Crippen LogP contribution in [0.1, 0.15) is 32.8 Å². The number of carbonyl (C=O) groups is 2. The molecule has 0 aliphatic heterocycles. The van der Waals surface area contributed by atoms with Gasteiger partial charge in [0.15, 0.2) is 0 Å². The summed E-state index contributed by atoms with van der Waals surface area (Å²) in [5.41, 5.74) is 1.43. The lowest BCUT2D eigenvalue weighted by molar-refractivity contribution is -0.131. The summed E-state index contributed by atoms with van der Waals surface area (Å²) in [5.74, 6) is 0. The third-order valence-corrected chi connectivity index (χ3v) is 2.94. The predicted octanol–water partition coefficient (Wildman–Crippen LogP) is 4.47. The average molecular weight is 317 g/mol. The van der Waals surface area contributed by atoms with Gasteiger partial charge in [-0.1, -0.05) is 42.3 Å². The molecule has 0 amide bonds. The molecule has 0 atom stereocenters. The maximum Gasteiger partial charge on any atom is 0.293 e. The SMILES string of the molecule is CC(C)OC=O.CC/C(C=O)=C(\Cl)c1ccc(Cl)cc1. The third kappa shape index (κ3) is 7.31. The molecule has 1 aromatic carbocycles. The van der Waals surface area contributed by atoms with Crippen LogP contribution in [0.15, 0.2) is 29.8 Å². The first-order valence-corrected chi connectivity index (χ1v) is 6.90. The van der Waals surface area contributed by atoms with Gasteiger partial charge in [0, 0.05) is 10.6 Å². The summed E-state index contributed by atoms with van der Waals surface area (Å²) < 4.78 is 4.36. The zero-order valence-electron chi connectivity index (χ0n) is 11.7. The lowest BCUT2D eigenvalue weighted by atomic mass is 10.1. The minimum absolute atomic E-state index is 0.0301. The molecule has 0 aromatic heterocycles. The van der Waals surface area contributed by atoms with Crippen LogP contribution in [-0.2, 0) is 14.3 Å². The van der Waals surface area contributed by atoms with E-state index in [1.807, 2.05) is 6.92 Å².